The molecule has 0 amide bonds. The van der Waals surface area contributed by atoms with Crippen LogP contribution in [-0.2, 0) is 4.74 Å². The third-order valence-electron chi connectivity index (χ3n) is 3.22. The fraction of sp³-hybridized carbons (Fsp3) is 0.250. The molecule has 0 unspecified atom stereocenters. The van der Waals surface area contributed by atoms with Crippen molar-refractivity contribution in [1.82, 2.24) is 4.57 Å². The van der Waals surface area contributed by atoms with Gasteiger partial charge in [0, 0.05) is 15.3 Å². The van der Waals surface area contributed by atoms with Crippen LogP contribution in [0.4, 0.5) is 0 Å². The minimum atomic E-state index is -0.396. The molecule has 0 aliphatic carbocycles. The molecule has 1 aromatic carbocycles. The van der Waals surface area contributed by atoms with E-state index < -0.39 is 5.97 Å². The zero-order chi connectivity index (χ0) is 15.6. The third kappa shape index (κ3) is 3.02. The molecule has 4 nitrogen and oxygen atoms in total. The molecule has 0 saturated carbocycles. The van der Waals surface area contributed by atoms with E-state index in [2.05, 4.69) is 22.6 Å². The number of nitrogens with zero attached hydrogens (tertiary/aromatic N) is 1. The van der Waals surface area contributed by atoms with Crippen molar-refractivity contribution >= 4 is 28.6 Å². The van der Waals surface area contributed by atoms with Gasteiger partial charge in [-0.2, -0.15) is 0 Å². The Labute approximate surface area is 136 Å². The van der Waals surface area contributed by atoms with Gasteiger partial charge in [-0.1, -0.05) is 12.1 Å². The lowest BCUT2D eigenvalue weighted by Crippen LogP contribution is -2.25. The number of ether oxygens (including phenoxy) is 1. The Morgan fingerprint density at radius 1 is 1.29 bits per heavy atom. The zero-order valence-electron chi connectivity index (χ0n) is 12.1. The van der Waals surface area contributed by atoms with E-state index in [1.807, 2.05) is 24.3 Å². The van der Waals surface area contributed by atoms with E-state index in [0.717, 1.165) is 9.26 Å². The van der Waals surface area contributed by atoms with Crippen LogP contribution in [0.1, 0.15) is 28.5 Å². The van der Waals surface area contributed by atoms with Gasteiger partial charge in [-0.15, -0.1) is 0 Å². The van der Waals surface area contributed by atoms with Gasteiger partial charge in [-0.3, -0.25) is 9.36 Å². The first-order valence-electron chi connectivity index (χ1n) is 6.62. The second kappa shape index (κ2) is 6.43. The van der Waals surface area contributed by atoms with E-state index in [1.165, 1.54) is 6.07 Å². The first-order chi connectivity index (χ1) is 9.97. The largest absolute Gasteiger partial charge is 0.462 e. The number of hydrogen-bond donors (Lipinski definition) is 0. The predicted octanol–water partition coefficient (Wildman–Crippen LogP) is 3.24. The molecule has 2 aromatic rings. The SMILES string of the molecule is CCOC(=O)c1c(C)cc(=O)n(-c2ccccc2I)c1C. The van der Waals surface area contributed by atoms with Crippen LogP contribution in [0.2, 0.25) is 0 Å². The zero-order valence-corrected chi connectivity index (χ0v) is 14.3. The second-order valence-corrected chi connectivity index (χ2v) is 5.80. The molecule has 21 heavy (non-hydrogen) atoms. The Balaban J connectivity index is 2.74. The standard InChI is InChI=1S/C16H16INO3/c1-4-21-16(20)15-10(2)9-14(19)18(11(15)3)13-8-6-5-7-12(13)17/h5-9H,4H2,1-3H3. The minimum Gasteiger partial charge on any atom is -0.462 e. The number of carbonyl (C=O) groups excluding carboxylic acids is 1. The number of halogens is 1. The highest BCUT2D eigenvalue weighted by Crippen LogP contribution is 2.20. The topological polar surface area (TPSA) is 48.3 Å². The minimum absolute atomic E-state index is 0.151. The van der Waals surface area contributed by atoms with Crippen LogP contribution in [0.25, 0.3) is 5.69 Å². The highest BCUT2D eigenvalue weighted by atomic mass is 127. The molecular formula is C16H16INO3. The van der Waals surface area contributed by atoms with Crippen molar-refractivity contribution in [1.29, 1.82) is 0 Å². The maximum atomic E-state index is 12.4. The molecule has 0 radical (unpaired) electrons. The Morgan fingerprint density at radius 3 is 2.57 bits per heavy atom. The van der Waals surface area contributed by atoms with E-state index in [1.54, 1.807) is 25.3 Å². The number of carbonyl (C=O) groups is 1. The fourth-order valence-electron chi connectivity index (χ4n) is 2.33. The molecule has 1 aromatic heterocycles. The highest BCUT2D eigenvalue weighted by Gasteiger charge is 2.19. The molecule has 0 N–H and O–H groups in total. The lowest BCUT2D eigenvalue weighted by molar-refractivity contribution is 0.0523. The summed E-state index contributed by atoms with van der Waals surface area (Å²) in [5, 5.41) is 0. The number of hydrogen-bond acceptors (Lipinski definition) is 3. The van der Waals surface area contributed by atoms with Gasteiger partial charge < -0.3 is 4.74 Å². The summed E-state index contributed by atoms with van der Waals surface area (Å²) in [6.07, 6.45) is 0. The van der Waals surface area contributed by atoms with Crippen LogP contribution in [-0.4, -0.2) is 17.1 Å². The van der Waals surface area contributed by atoms with Crippen LogP contribution in [0, 0.1) is 17.4 Å². The Bertz CT molecular complexity index is 750. The van der Waals surface area contributed by atoms with Gasteiger partial charge >= 0.3 is 5.97 Å². The number of pyridine rings is 1. The lowest BCUT2D eigenvalue weighted by Gasteiger charge is -2.16. The number of rotatable bonds is 3. The van der Waals surface area contributed by atoms with E-state index >= 15 is 0 Å². The first kappa shape index (κ1) is 15.8. The van der Waals surface area contributed by atoms with E-state index in [9.17, 15) is 9.59 Å². The molecule has 0 atom stereocenters. The molecule has 2 rings (SSSR count). The molecule has 0 fully saturated rings. The van der Waals surface area contributed by atoms with Crippen molar-refractivity contribution in [3.8, 4) is 5.69 Å². The van der Waals surface area contributed by atoms with Crippen LogP contribution < -0.4 is 5.56 Å². The average Bonchev–Trinajstić information content (AvgIpc) is 2.40. The van der Waals surface area contributed by atoms with E-state index in [4.69, 9.17) is 4.74 Å². The summed E-state index contributed by atoms with van der Waals surface area (Å²) in [7, 11) is 0. The molecule has 1 heterocycles. The van der Waals surface area contributed by atoms with Crippen molar-refractivity contribution < 1.29 is 9.53 Å². The highest BCUT2D eigenvalue weighted by molar-refractivity contribution is 14.1. The van der Waals surface area contributed by atoms with Gasteiger partial charge in [0.25, 0.3) is 5.56 Å². The number of esters is 1. The Morgan fingerprint density at radius 2 is 1.95 bits per heavy atom. The summed E-state index contributed by atoms with van der Waals surface area (Å²) in [6, 6.07) is 9.04. The molecule has 0 aliphatic rings. The predicted molar refractivity (Wildman–Crippen MR) is 90.2 cm³/mol. The number of aryl methyl sites for hydroxylation is 1. The summed E-state index contributed by atoms with van der Waals surface area (Å²) in [4.78, 5) is 24.5. The van der Waals surface area contributed by atoms with Gasteiger partial charge in [-0.25, -0.2) is 4.79 Å². The lowest BCUT2D eigenvalue weighted by atomic mass is 10.1. The maximum Gasteiger partial charge on any atom is 0.340 e. The van der Waals surface area contributed by atoms with Crippen LogP contribution >= 0.6 is 22.6 Å². The van der Waals surface area contributed by atoms with Crippen molar-refractivity contribution in [3.05, 3.63) is 61.1 Å². The summed E-state index contributed by atoms with van der Waals surface area (Å²) >= 11 is 2.18. The molecular weight excluding hydrogens is 381 g/mol. The molecule has 0 bridgehead atoms. The van der Waals surface area contributed by atoms with Crippen LogP contribution in [0.15, 0.2) is 35.1 Å². The van der Waals surface area contributed by atoms with E-state index in [0.29, 0.717) is 23.4 Å². The number of para-hydroxylation sites is 1. The molecule has 0 aliphatic heterocycles. The van der Waals surface area contributed by atoms with Gasteiger partial charge in [0.2, 0.25) is 0 Å². The second-order valence-electron chi connectivity index (χ2n) is 4.63. The third-order valence-corrected chi connectivity index (χ3v) is 4.14. The van der Waals surface area contributed by atoms with Gasteiger partial charge in [-0.05, 0) is 61.1 Å². The van der Waals surface area contributed by atoms with Gasteiger partial charge in [0.05, 0.1) is 17.9 Å². The van der Waals surface area contributed by atoms with Gasteiger partial charge in [0.15, 0.2) is 0 Å². The molecule has 5 heteroatoms. The summed E-state index contributed by atoms with van der Waals surface area (Å²) < 4.78 is 7.59. The van der Waals surface area contributed by atoms with Crippen molar-refractivity contribution in [2.45, 2.75) is 20.8 Å². The normalized spacial score (nSPS) is 10.5. The molecule has 0 spiro atoms. The smallest absolute Gasteiger partial charge is 0.340 e. The van der Waals surface area contributed by atoms with Crippen molar-refractivity contribution in [2.75, 3.05) is 6.61 Å². The summed E-state index contributed by atoms with van der Waals surface area (Å²) in [5.41, 5.74) is 2.31. The molecule has 0 saturated heterocycles. The van der Waals surface area contributed by atoms with Gasteiger partial charge in [0.1, 0.15) is 0 Å². The Hall–Kier alpha value is -1.63. The Kier molecular flexibility index (Phi) is 4.82. The summed E-state index contributed by atoms with van der Waals surface area (Å²) in [5.74, 6) is -0.396. The van der Waals surface area contributed by atoms with Crippen molar-refractivity contribution in [3.63, 3.8) is 0 Å². The van der Waals surface area contributed by atoms with Crippen LogP contribution in [0.5, 0.6) is 0 Å². The first-order valence-corrected chi connectivity index (χ1v) is 7.70. The summed E-state index contributed by atoms with van der Waals surface area (Å²) in [6.45, 7) is 5.59. The fourth-order valence-corrected chi connectivity index (χ4v) is 2.96. The van der Waals surface area contributed by atoms with Crippen LogP contribution in [0.3, 0.4) is 0 Å². The number of benzene rings is 1. The monoisotopic (exact) mass is 397 g/mol. The quantitative estimate of drug-likeness (QED) is 0.590. The maximum absolute atomic E-state index is 12.4. The average molecular weight is 397 g/mol. The molecule has 110 valence electrons. The van der Waals surface area contributed by atoms with E-state index in [-0.39, 0.29) is 5.56 Å². The number of aromatic nitrogens is 1. The van der Waals surface area contributed by atoms with Crippen molar-refractivity contribution in [2.24, 2.45) is 0 Å².